The van der Waals surface area contributed by atoms with Gasteiger partial charge in [-0.1, -0.05) is 23.7 Å². The van der Waals surface area contributed by atoms with Crippen LogP contribution in [0.3, 0.4) is 0 Å². The van der Waals surface area contributed by atoms with Gasteiger partial charge in [0.25, 0.3) is 0 Å². The molecule has 0 radical (unpaired) electrons. The van der Waals surface area contributed by atoms with E-state index < -0.39 is 0 Å². The van der Waals surface area contributed by atoms with E-state index in [1.54, 1.807) is 0 Å². The molecule has 0 spiro atoms. The molecule has 0 aromatic heterocycles. The molecule has 1 heterocycles. The lowest BCUT2D eigenvalue weighted by Gasteiger charge is -2.32. The average molecular weight is 290 g/mol. The number of oxime groups is 1. The predicted molar refractivity (Wildman–Crippen MR) is 85.4 cm³/mol. The highest BCUT2D eigenvalue weighted by atomic mass is 16.5. The van der Waals surface area contributed by atoms with Gasteiger partial charge in [-0.15, -0.1) is 0 Å². The van der Waals surface area contributed by atoms with Gasteiger partial charge in [0.15, 0.2) is 0 Å². The highest BCUT2D eigenvalue weighted by molar-refractivity contribution is 5.83. The van der Waals surface area contributed by atoms with Crippen LogP contribution in [0.25, 0.3) is 0 Å². The number of hydrogen-bond donors (Lipinski definition) is 1. The van der Waals surface area contributed by atoms with Crippen LogP contribution >= 0.6 is 0 Å². The van der Waals surface area contributed by atoms with Crippen LogP contribution in [0.2, 0.25) is 0 Å². The molecule has 1 fully saturated rings. The Balaban J connectivity index is 1.75. The van der Waals surface area contributed by atoms with Crippen LogP contribution in [0.4, 0.5) is 0 Å². The molecule has 1 aliphatic rings. The van der Waals surface area contributed by atoms with Crippen molar-refractivity contribution >= 4 is 5.71 Å². The summed E-state index contributed by atoms with van der Waals surface area (Å²) in [4.78, 5) is 2.45. The highest BCUT2D eigenvalue weighted by Gasteiger charge is 2.18. The molecule has 1 aromatic carbocycles. The first kappa shape index (κ1) is 15.8. The summed E-state index contributed by atoms with van der Waals surface area (Å²) >= 11 is 0. The molecule has 4 nitrogen and oxygen atoms in total. The minimum Gasteiger partial charge on any atom is -0.494 e. The first-order chi connectivity index (χ1) is 10.2. The molecule has 1 aromatic rings. The Labute approximate surface area is 127 Å². The summed E-state index contributed by atoms with van der Waals surface area (Å²) in [6.45, 7) is 3.79. The van der Waals surface area contributed by atoms with Crippen molar-refractivity contribution in [3.63, 3.8) is 0 Å². The summed E-state index contributed by atoms with van der Waals surface area (Å²) in [6, 6.07) is 8.70. The van der Waals surface area contributed by atoms with Crippen molar-refractivity contribution in [2.24, 2.45) is 5.16 Å². The van der Waals surface area contributed by atoms with Crippen molar-refractivity contribution in [3.05, 3.63) is 29.8 Å². The Morgan fingerprint density at radius 2 is 2.10 bits per heavy atom. The standard InChI is InChI=1S/C17H26N2O2/c1-14(18-20)13-15-6-8-17(9-7-15)21-12-10-16-5-3-4-11-19(16)2/h6-9,16,20H,3-5,10-13H2,1-2H3/b18-14+. The summed E-state index contributed by atoms with van der Waals surface area (Å²) < 4.78 is 5.84. The van der Waals surface area contributed by atoms with E-state index in [1.165, 1.54) is 25.8 Å². The lowest BCUT2D eigenvalue weighted by molar-refractivity contribution is 0.153. The van der Waals surface area contributed by atoms with E-state index in [0.717, 1.165) is 24.3 Å². The summed E-state index contributed by atoms with van der Waals surface area (Å²) in [7, 11) is 2.21. The van der Waals surface area contributed by atoms with Crippen LogP contribution < -0.4 is 4.74 Å². The quantitative estimate of drug-likeness (QED) is 0.496. The largest absolute Gasteiger partial charge is 0.494 e. The summed E-state index contributed by atoms with van der Waals surface area (Å²) in [6.07, 6.45) is 5.72. The summed E-state index contributed by atoms with van der Waals surface area (Å²) in [5.41, 5.74) is 1.84. The molecule has 0 saturated carbocycles. The van der Waals surface area contributed by atoms with Gasteiger partial charge in [0.05, 0.1) is 12.3 Å². The Morgan fingerprint density at radius 3 is 2.76 bits per heavy atom. The topological polar surface area (TPSA) is 45.1 Å². The van der Waals surface area contributed by atoms with E-state index in [9.17, 15) is 0 Å². The molecule has 4 heteroatoms. The van der Waals surface area contributed by atoms with Gasteiger partial charge >= 0.3 is 0 Å². The van der Waals surface area contributed by atoms with Crippen LogP contribution in [-0.2, 0) is 6.42 Å². The van der Waals surface area contributed by atoms with Gasteiger partial charge in [0, 0.05) is 12.5 Å². The van der Waals surface area contributed by atoms with Crippen molar-refractivity contribution < 1.29 is 9.94 Å². The van der Waals surface area contributed by atoms with Gasteiger partial charge in [-0.2, -0.15) is 0 Å². The first-order valence-corrected chi connectivity index (χ1v) is 7.78. The zero-order valence-corrected chi connectivity index (χ0v) is 13.1. The molecule has 116 valence electrons. The summed E-state index contributed by atoms with van der Waals surface area (Å²) in [5, 5.41) is 11.9. The maximum atomic E-state index is 8.67. The van der Waals surface area contributed by atoms with Gasteiger partial charge < -0.3 is 14.8 Å². The van der Waals surface area contributed by atoms with Crippen LogP contribution in [0.15, 0.2) is 29.4 Å². The fourth-order valence-electron chi connectivity index (χ4n) is 2.86. The predicted octanol–water partition coefficient (Wildman–Crippen LogP) is 3.33. The molecule has 0 bridgehead atoms. The van der Waals surface area contributed by atoms with Crippen LogP contribution in [0, 0.1) is 0 Å². The normalized spacial score (nSPS) is 20.5. The second-order valence-electron chi connectivity index (χ2n) is 5.92. The van der Waals surface area contributed by atoms with E-state index in [0.29, 0.717) is 18.2 Å². The maximum Gasteiger partial charge on any atom is 0.119 e. The average Bonchev–Trinajstić information content (AvgIpc) is 2.51. The zero-order chi connectivity index (χ0) is 15.1. The van der Waals surface area contributed by atoms with Crippen molar-refractivity contribution in [1.82, 2.24) is 4.90 Å². The van der Waals surface area contributed by atoms with Crippen molar-refractivity contribution in [2.45, 2.75) is 45.1 Å². The van der Waals surface area contributed by atoms with Gasteiger partial charge in [-0.3, -0.25) is 0 Å². The van der Waals surface area contributed by atoms with Crippen LogP contribution in [-0.4, -0.2) is 42.1 Å². The van der Waals surface area contributed by atoms with Crippen molar-refractivity contribution in [2.75, 3.05) is 20.2 Å². The van der Waals surface area contributed by atoms with Crippen LogP contribution in [0.5, 0.6) is 5.75 Å². The Kier molecular flexibility index (Phi) is 6.05. The Morgan fingerprint density at radius 1 is 1.33 bits per heavy atom. The lowest BCUT2D eigenvalue weighted by atomic mass is 10.0. The molecule has 21 heavy (non-hydrogen) atoms. The first-order valence-electron chi connectivity index (χ1n) is 7.78. The molecule has 1 N–H and O–H groups in total. The third-order valence-electron chi connectivity index (χ3n) is 4.20. The van der Waals surface area contributed by atoms with E-state index in [1.807, 2.05) is 31.2 Å². The zero-order valence-electron chi connectivity index (χ0n) is 13.1. The van der Waals surface area contributed by atoms with E-state index in [4.69, 9.17) is 9.94 Å². The minimum atomic E-state index is 0.668. The molecule has 0 aliphatic carbocycles. The molecule has 1 unspecified atom stereocenters. The van der Waals surface area contributed by atoms with Gasteiger partial charge in [0.1, 0.15) is 5.75 Å². The fourth-order valence-corrected chi connectivity index (χ4v) is 2.86. The van der Waals surface area contributed by atoms with Gasteiger partial charge in [-0.05, 0) is 57.5 Å². The van der Waals surface area contributed by atoms with Crippen molar-refractivity contribution in [3.8, 4) is 5.75 Å². The highest BCUT2D eigenvalue weighted by Crippen LogP contribution is 2.19. The molecule has 1 atom stereocenters. The molecule has 0 amide bonds. The second kappa shape index (κ2) is 8.03. The maximum absolute atomic E-state index is 8.67. The van der Waals surface area contributed by atoms with Gasteiger partial charge in [-0.25, -0.2) is 0 Å². The summed E-state index contributed by atoms with van der Waals surface area (Å²) in [5.74, 6) is 0.913. The number of piperidine rings is 1. The number of ether oxygens (including phenoxy) is 1. The third-order valence-corrected chi connectivity index (χ3v) is 4.20. The fraction of sp³-hybridized carbons (Fsp3) is 0.588. The number of benzene rings is 1. The third kappa shape index (κ3) is 5.05. The molecular formula is C17H26N2O2. The number of rotatable bonds is 6. The smallest absolute Gasteiger partial charge is 0.119 e. The Bertz CT molecular complexity index is 456. The van der Waals surface area contributed by atoms with E-state index >= 15 is 0 Å². The lowest BCUT2D eigenvalue weighted by Crippen LogP contribution is -2.37. The van der Waals surface area contributed by atoms with E-state index in [-0.39, 0.29) is 0 Å². The number of hydrogen-bond acceptors (Lipinski definition) is 4. The monoisotopic (exact) mass is 290 g/mol. The molecule has 1 aliphatic heterocycles. The number of nitrogens with zero attached hydrogens (tertiary/aromatic N) is 2. The second-order valence-corrected chi connectivity index (χ2v) is 5.92. The number of likely N-dealkylation sites (tertiary alicyclic amines) is 1. The molecular weight excluding hydrogens is 264 g/mol. The van der Waals surface area contributed by atoms with Crippen molar-refractivity contribution in [1.29, 1.82) is 0 Å². The van der Waals surface area contributed by atoms with E-state index in [2.05, 4.69) is 17.1 Å². The van der Waals surface area contributed by atoms with Crippen LogP contribution in [0.1, 0.15) is 38.2 Å². The van der Waals surface area contributed by atoms with Gasteiger partial charge in [0.2, 0.25) is 0 Å². The molecule has 1 saturated heterocycles. The minimum absolute atomic E-state index is 0.668. The molecule has 2 rings (SSSR count). The SMILES string of the molecule is C/C(Cc1ccc(OCCC2CCCCN2C)cc1)=N\O. The Hall–Kier alpha value is -1.55.